The second-order valence-corrected chi connectivity index (χ2v) is 5.60. The molecule has 5 nitrogen and oxygen atoms in total. The van der Waals surface area contributed by atoms with Gasteiger partial charge in [-0.2, -0.15) is 13.2 Å². The van der Waals surface area contributed by atoms with Crippen molar-refractivity contribution in [3.05, 3.63) is 65.1 Å². The Morgan fingerprint density at radius 3 is 2.69 bits per heavy atom. The first kappa shape index (κ1) is 17.7. The van der Waals surface area contributed by atoms with E-state index >= 15 is 0 Å². The summed E-state index contributed by atoms with van der Waals surface area (Å²) in [5.74, 6) is -0.872. The van der Waals surface area contributed by atoms with E-state index in [4.69, 9.17) is 4.74 Å². The van der Waals surface area contributed by atoms with Crippen LogP contribution in [0.3, 0.4) is 0 Å². The average Bonchev–Trinajstić information content (AvgIpc) is 2.58. The summed E-state index contributed by atoms with van der Waals surface area (Å²) < 4.78 is 44.4. The summed E-state index contributed by atoms with van der Waals surface area (Å²) in [5, 5.41) is 9.75. The Bertz CT molecular complexity index is 987. The van der Waals surface area contributed by atoms with Gasteiger partial charge in [-0.05, 0) is 36.8 Å². The van der Waals surface area contributed by atoms with Crippen LogP contribution in [0.1, 0.15) is 27.2 Å². The molecule has 3 aromatic rings. The van der Waals surface area contributed by atoms with E-state index in [1.807, 2.05) is 0 Å². The van der Waals surface area contributed by atoms with Gasteiger partial charge in [0.2, 0.25) is 0 Å². The number of ether oxygens (including phenoxy) is 1. The fourth-order valence-electron chi connectivity index (χ4n) is 2.62. The van der Waals surface area contributed by atoms with Crippen LogP contribution in [0, 0.1) is 6.92 Å². The van der Waals surface area contributed by atoms with Crippen LogP contribution >= 0.6 is 0 Å². The number of benzene rings is 1. The highest BCUT2D eigenvalue weighted by molar-refractivity contribution is 6.04. The average molecular weight is 362 g/mol. The van der Waals surface area contributed by atoms with Crippen LogP contribution in [-0.2, 0) is 12.8 Å². The van der Waals surface area contributed by atoms with Crippen molar-refractivity contribution in [2.24, 2.45) is 0 Å². The van der Waals surface area contributed by atoms with Crippen LogP contribution in [0.5, 0.6) is 5.75 Å². The van der Waals surface area contributed by atoms with E-state index in [1.165, 1.54) is 30.5 Å². The van der Waals surface area contributed by atoms with Crippen LogP contribution in [0.2, 0.25) is 0 Å². The van der Waals surface area contributed by atoms with Crippen molar-refractivity contribution in [2.75, 3.05) is 0 Å². The molecule has 0 spiro atoms. The third-order valence-electron chi connectivity index (χ3n) is 3.80. The van der Waals surface area contributed by atoms with Crippen molar-refractivity contribution in [3.63, 3.8) is 0 Å². The first-order valence-electron chi connectivity index (χ1n) is 7.54. The number of carboxylic acids is 1. The van der Waals surface area contributed by atoms with Gasteiger partial charge in [0.1, 0.15) is 12.4 Å². The molecule has 0 bridgehead atoms. The van der Waals surface area contributed by atoms with Crippen molar-refractivity contribution in [1.29, 1.82) is 0 Å². The third kappa shape index (κ3) is 3.44. The normalized spacial score (nSPS) is 11.5. The van der Waals surface area contributed by atoms with Gasteiger partial charge >= 0.3 is 12.1 Å². The molecular weight excluding hydrogens is 349 g/mol. The molecule has 0 aliphatic carbocycles. The summed E-state index contributed by atoms with van der Waals surface area (Å²) in [6.07, 6.45) is -2.06. The van der Waals surface area contributed by atoms with Gasteiger partial charge in [-0.3, -0.25) is 9.97 Å². The standard InChI is InChI=1S/C18H13F3N2O3/c1-10-8-23-14-5-4-12(7-13(14)15(10)17(24)25)26-9-11-3-2-6-22-16(11)18(19,20)21/h2-8H,9H2,1H3,(H,24,25). The maximum Gasteiger partial charge on any atom is 0.433 e. The van der Waals surface area contributed by atoms with Crippen molar-refractivity contribution < 1.29 is 27.8 Å². The molecule has 8 heteroatoms. The fourth-order valence-corrected chi connectivity index (χ4v) is 2.62. The Balaban J connectivity index is 1.94. The topological polar surface area (TPSA) is 72.3 Å². The number of alkyl halides is 3. The number of aromatic carboxylic acids is 1. The second kappa shape index (κ2) is 6.62. The molecule has 0 radical (unpaired) electrons. The molecule has 0 atom stereocenters. The van der Waals surface area contributed by atoms with Gasteiger partial charge in [0.15, 0.2) is 5.69 Å². The van der Waals surface area contributed by atoms with Crippen LogP contribution in [0.25, 0.3) is 10.9 Å². The first-order chi connectivity index (χ1) is 12.3. The van der Waals surface area contributed by atoms with Crippen molar-refractivity contribution in [3.8, 4) is 5.75 Å². The molecule has 0 fully saturated rings. The van der Waals surface area contributed by atoms with Crippen molar-refractivity contribution in [2.45, 2.75) is 19.7 Å². The summed E-state index contributed by atoms with van der Waals surface area (Å²) in [6, 6.07) is 7.22. The summed E-state index contributed by atoms with van der Waals surface area (Å²) in [6.45, 7) is 1.27. The minimum Gasteiger partial charge on any atom is -0.489 e. The van der Waals surface area contributed by atoms with E-state index in [9.17, 15) is 23.1 Å². The maximum absolute atomic E-state index is 13.0. The summed E-state index contributed by atoms with van der Waals surface area (Å²) in [7, 11) is 0. The van der Waals surface area contributed by atoms with Gasteiger partial charge in [-0.1, -0.05) is 6.07 Å². The van der Waals surface area contributed by atoms with E-state index < -0.39 is 17.8 Å². The number of nitrogens with zero attached hydrogens (tertiary/aromatic N) is 2. The Morgan fingerprint density at radius 2 is 2.00 bits per heavy atom. The Kier molecular flexibility index (Phi) is 4.50. The second-order valence-electron chi connectivity index (χ2n) is 5.60. The lowest BCUT2D eigenvalue weighted by atomic mass is 10.0. The quantitative estimate of drug-likeness (QED) is 0.752. The molecule has 26 heavy (non-hydrogen) atoms. The predicted molar refractivity (Wildman–Crippen MR) is 87.0 cm³/mol. The lowest BCUT2D eigenvalue weighted by Gasteiger charge is -2.13. The van der Waals surface area contributed by atoms with Crippen LogP contribution < -0.4 is 4.74 Å². The number of carbonyl (C=O) groups is 1. The molecule has 0 saturated carbocycles. The highest BCUT2D eigenvalue weighted by atomic mass is 19.4. The Labute approximate surface area is 146 Å². The molecule has 3 rings (SSSR count). The minimum atomic E-state index is -4.58. The number of hydrogen-bond donors (Lipinski definition) is 1. The number of rotatable bonds is 4. The number of pyridine rings is 2. The highest BCUT2D eigenvalue weighted by Gasteiger charge is 2.35. The lowest BCUT2D eigenvalue weighted by Crippen LogP contribution is -2.13. The van der Waals surface area contributed by atoms with Crippen LogP contribution in [0.15, 0.2) is 42.7 Å². The van der Waals surface area contributed by atoms with Gasteiger partial charge in [0, 0.05) is 23.3 Å². The zero-order chi connectivity index (χ0) is 18.9. The molecule has 0 aliphatic heterocycles. The van der Waals surface area contributed by atoms with Crippen molar-refractivity contribution in [1.82, 2.24) is 9.97 Å². The van der Waals surface area contributed by atoms with E-state index in [1.54, 1.807) is 13.0 Å². The number of fused-ring (bicyclic) bond motifs is 1. The summed E-state index contributed by atoms with van der Waals surface area (Å²) in [4.78, 5) is 19.0. The number of carboxylic acid groups (broad SMARTS) is 1. The molecule has 0 unspecified atom stereocenters. The Hall–Kier alpha value is -3.16. The lowest BCUT2D eigenvalue weighted by molar-refractivity contribution is -0.142. The van der Waals surface area contributed by atoms with Gasteiger partial charge in [0.05, 0.1) is 11.1 Å². The SMILES string of the molecule is Cc1cnc2ccc(OCc3cccnc3C(F)(F)F)cc2c1C(=O)O. The number of halogens is 3. The number of aryl methyl sites for hydroxylation is 1. The van der Waals surface area contributed by atoms with E-state index in [-0.39, 0.29) is 23.5 Å². The third-order valence-corrected chi connectivity index (χ3v) is 3.80. The zero-order valence-corrected chi connectivity index (χ0v) is 13.5. The molecular formula is C18H13F3N2O3. The summed E-state index contributed by atoms with van der Waals surface area (Å²) in [5.41, 5.74) is -0.102. The molecule has 2 heterocycles. The largest absolute Gasteiger partial charge is 0.489 e. The molecule has 0 saturated heterocycles. The molecule has 1 N–H and O–H groups in total. The molecule has 1 aromatic carbocycles. The fraction of sp³-hybridized carbons (Fsp3) is 0.167. The van der Waals surface area contributed by atoms with Crippen molar-refractivity contribution >= 4 is 16.9 Å². The molecule has 2 aromatic heterocycles. The minimum absolute atomic E-state index is 0.0813. The Morgan fingerprint density at radius 1 is 1.23 bits per heavy atom. The monoisotopic (exact) mass is 362 g/mol. The van der Waals surface area contributed by atoms with Crippen LogP contribution in [0.4, 0.5) is 13.2 Å². The first-order valence-corrected chi connectivity index (χ1v) is 7.54. The van der Waals surface area contributed by atoms with Gasteiger partial charge in [0.25, 0.3) is 0 Å². The number of hydrogen-bond acceptors (Lipinski definition) is 4. The van der Waals surface area contributed by atoms with E-state index in [2.05, 4.69) is 9.97 Å². The highest BCUT2D eigenvalue weighted by Crippen LogP contribution is 2.31. The van der Waals surface area contributed by atoms with E-state index in [0.717, 1.165) is 6.20 Å². The molecule has 0 amide bonds. The van der Waals surface area contributed by atoms with Crippen LogP contribution in [-0.4, -0.2) is 21.0 Å². The maximum atomic E-state index is 13.0. The van der Waals surface area contributed by atoms with E-state index in [0.29, 0.717) is 16.5 Å². The smallest absolute Gasteiger partial charge is 0.433 e. The van der Waals surface area contributed by atoms with Gasteiger partial charge < -0.3 is 9.84 Å². The van der Waals surface area contributed by atoms with Gasteiger partial charge in [-0.25, -0.2) is 4.79 Å². The molecule has 0 aliphatic rings. The summed E-state index contributed by atoms with van der Waals surface area (Å²) >= 11 is 0. The predicted octanol–water partition coefficient (Wildman–Crippen LogP) is 4.23. The number of aromatic nitrogens is 2. The zero-order valence-electron chi connectivity index (χ0n) is 13.5. The molecule has 134 valence electrons. The van der Waals surface area contributed by atoms with Gasteiger partial charge in [-0.15, -0.1) is 0 Å².